The van der Waals surface area contributed by atoms with Crippen LogP contribution >= 0.6 is 0 Å². The van der Waals surface area contributed by atoms with E-state index in [0.717, 1.165) is 5.57 Å². The Kier molecular flexibility index (Phi) is 14.2. The number of methoxy groups -OCH3 is 2. The molecular weight excluding hydrogens is 392 g/mol. The van der Waals surface area contributed by atoms with E-state index < -0.39 is 12.2 Å². The fraction of sp³-hybridized carbons (Fsp3) is 0.615. The second-order valence-corrected chi connectivity index (χ2v) is 8.49. The molecule has 0 radical (unpaired) electrons. The highest BCUT2D eigenvalue weighted by molar-refractivity contribution is 5.86. The zero-order valence-corrected chi connectivity index (χ0v) is 20.7. The average molecular weight is 435 g/mol. The molecule has 0 rings (SSSR count). The largest absolute Gasteiger partial charge is 0.386 e. The van der Waals surface area contributed by atoms with Crippen molar-refractivity contribution < 1.29 is 24.2 Å². The van der Waals surface area contributed by atoms with Crippen molar-refractivity contribution in [3.63, 3.8) is 0 Å². The van der Waals surface area contributed by atoms with Crippen LogP contribution in [0.3, 0.4) is 0 Å². The third-order valence-corrected chi connectivity index (χ3v) is 5.67. The van der Waals surface area contributed by atoms with Gasteiger partial charge in [0.15, 0.2) is 5.78 Å². The molecule has 0 bridgehead atoms. The van der Waals surface area contributed by atoms with Crippen molar-refractivity contribution in [1.82, 2.24) is 0 Å². The van der Waals surface area contributed by atoms with Gasteiger partial charge in [0.25, 0.3) is 0 Å². The van der Waals surface area contributed by atoms with Gasteiger partial charge in [0.05, 0.1) is 6.10 Å². The summed E-state index contributed by atoms with van der Waals surface area (Å²) in [7, 11) is 3.11. The van der Waals surface area contributed by atoms with Gasteiger partial charge in [-0.2, -0.15) is 0 Å². The Morgan fingerprint density at radius 2 is 1.52 bits per heavy atom. The van der Waals surface area contributed by atoms with E-state index in [1.165, 1.54) is 14.0 Å². The van der Waals surface area contributed by atoms with Gasteiger partial charge in [-0.3, -0.25) is 9.59 Å². The Balaban J connectivity index is 4.95. The molecule has 6 atom stereocenters. The highest BCUT2D eigenvalue weighted by Crippen LogP contribution is 2.21. The van der Waals surface area contributed by atoms with E-state index in [4.69, 9.17) is 9.47 Å². The van der Waals surface area contributed by atoms with Crippen molar-refractivity contribution in [2.24, 2.45) is 17.8 Å². The molecule has 0 spiro atoms. The average Bonchev–Trinajstić information content (AvgIpc) is 2.72. The maximum Gasteiger partial charge on any atom is 0.167 e. The Morgan fingerprint density at radius 1 is 0.903 bits per heavy atom. The summed E-state index contributed by atoms with van der Waals surface area (Å²) in [6.45, 7) is 12.9. The summed E-state index contributed by atoms with van der Waals surface area (Å²) in [5, 5.41) is 10.6. The van der Waals surface area contributed by atoms with Crippen LogP contribution in [-0.4, -0.2) is 49.2 Å². The van der Waals surface area contributed by atoms with E-state index >= 15 is 0 Å². The lowest BCUT2D eigenvalue weighted by molar-refractivity contribution is -0.138. The van der Waals surface area contributed by atoms with E-state index in [-0.39, 0.29) is 35.4 Å². The van der Waals surface area contributed by atoms with Crippen molar-refractivity contribution in [2.45, 2.75) is 73.2 Å². The van der Waals surface area contributed by atoms with E-state index in [0.29, 0.717) is 12.0 Å². The van der Waals surface area contributed by atoms with Gasteiger partial charge in [-0.05, 0) is 51.2 Å². The number of ether oxygens (including phenoxy) is 2. The highest BCUT2D eigenvalue weighted by Gasteiger charge is 2.31. The van der Waals surface area contributed by atoms with Crippen LogP contribution in [0.4, 0.5) is 0 Å². The SMILES string of the molecule is CO[C@@H](C)/C(C)=C/C=C/C=C/[C@@H](C)CC(C)C(=O)[C@H](OC)C(O)/C(C)=C/C(C)C(C)=O. The maximum absolute atomic E-state index is 12.9. The smallest absolute Gasteiger partial charge is 0.167 e. The Hall–Kier alpha value is -1.82. The number of rotatable bonds is 14. The van der Waals surface area contributed by atoms with Crippen LogP contribution in [0.5, 0.6) is 0 Å². The molecule has 31 heavy (non-hydrogen) atoms. The van der Waals surface area contributed by atoms with Gasteiger partial charge < -0.3 is 14.6 Å². The number of hydrogen-bond donors (Lipinski definition) is 1. The zero-order chi connectivity index (χ0) is 24.1. The van der Waals surface area contributed by atoms with Crippen LogP contribution in [0.2, 0.25) is 0 Å². The summed E-state index contributed by atoms with van der Waals surface area (Å²) in [5.74, 6) is -0.523. The van der Waals surface area contributed by atoms with Crippen LogP contribution < -0.4 is 0 Å². The minimum absolute atomic E-state index is 0.00809. The second-order valence-electron chi connectivity index (χ2n) is 8.49. The molecule has 0 aromatic rings. The quantitative estimate of drug-likeness (QED) is 0.312. The lowest BCUT2D eigenvalue weighted by Crippen LogP contribution is -2.40. The van der Waals surface area contributed by atoms with E-state index in [1.54, 1.807) is 27.0 Å². The number of carbonyl (C=O) groups is 2. The minimum atomic E-state index is -1.07. The van der Waals surface area contributed by atoms with Gasteiger partial charge in [-0.25, -0.2) is 0 Å². The van der Waals surface area contributed by atoms with Crippen molar-refractivity contribution >= 4 is 11.6 Å². The first kappa shape index (κ1) is 29.2. The Bertz CT molecular complexity index is 686. The van der Waals surface area contributed by atoms with Gasteiger partial charge >= 0.3 is 0 Å². The molecule has 0 saturated carbocycles. The van der Waals surface area contributed by atoms with Crippen LogP contribution in [0.1, 0.15) is 54.9 Å². The van der Waals surface area contributed by atoms with Crippen molar-refractivity contribution in [2.75, 3.05) is 14.2 Å². The molecule has 5 heteroatoms. The first-order valence-corrected chi connectivity index (χ1v) is 10.9. The lowest BCUT2D eigenvalue weighted by atomic mass is 9.87. The number of ketones is 2. The second kappa shape index (κ2) is 15.1. The Morgan fingerprint density at radius 3 is 2.03 bits per heavy atom. The summed E-state index contributed by atoms with van der Waals surface area (Å²) in [5.41, 5.74) is 1.71. The van der Waals surface area contributed by atoms with Crippen LogP contribution in [0.25, 0.3) is 0 Å². The molecule has 3 unspecified atom stereocenters. The highest BCUT2D eigenvalue weighted by atomic mass is 16.5. The van der Waals surface area contributed by atoms with Crippen molar-refractivity contribution in [3.05, 3.63) is 47.6 Å². The monoisotopic (exact) mass is 434 g/mol. The molecule has 0 aliphatic rings. The fourth-order valence-electron chi connectivity index (χ4n) is 3.13. The molecular formula is C26H42O5. The number of allylic oxidation sites excluding steroid dienone is 6. The third kappa shape index (κ3) is 10.9. The molecule has 0 aromatic carbocycles. The molecule has 0 amide bonds. The first-order valence-electron chi connectivity index (χ1n) is 10.9. The maximum atomic E-state index is 12.9. The van der Waals surface area contributed by atoms with Gasteiger partial charge in [0.2, 0.25) is 0 Å². The predicted octanol–water partition coefficient (Wildman–Crippen LogP) is 4.86. The number of aliphatic hydroxyl groups is 1. The summed E-state index contributed by atoms with van der Waals surface area (Å²) in [6.07, 6.45) is 10.4. The minimum Gasteiger partial charge on any atom is -0.386 e. The van der Waals surface area contributed by atoms with E-state index in [2.05, 4.69) is 13.0 Å². The molecule has 176 valence electrons. The van der Waals surface area contributed by atoms with E-state index in [9.17, 15) is 14.7 Å². The molecule has 0 aliphatic carbocycles. The number of hydrogen-bond acceptors (Lipinski definition) is 5. The molecule has 0 heterocycles. The summed E-state index contributed by atoms with van der Waals surface area (Å²) in [4.78, 5) is 24.3. The first-order chi connectivity index (χ1) is 14.5. The summed E-state index contributed by atoms with van der Waals surface area (Å²) < 4.78 is 10.6. The van der Waals surface area contributed by atoms with Gasteiger partial charge in [0, 0.05) is 26.1 Å². The number of aliphatic hydroxyl groups excluding tert-OH is 1. The molecule has 0 saturated heterocycles. The van der Waals surface area contributed by atoms with Gasteiger partial charge in [-0.15, -0.1) is 0 Å². The number of carbonyl (C=O) groups excluding carboxylic acids is 2. The third-order valence-electron chi connectivity index (χ3n) is 5.67. The number of Topliss-reactive ketones (excluding diaryl/α,β-unsaturated/α-hetero) is 2. The topological polar surface area (TPSA) is 72.8 Å². The molecule has 0 aliphatic heterocycles. The Labute approximate surface area is 188 Å². The molecule has 1 N–H and O–H groups in total. The standard InChI is InChI=1S/C26H42O5/c1-17(13-11-10-12-14-18(2)23(7)30-8)15-20(4)24(28)26(31-9)25(29)21(5)16-19(3)22(6)27/h10-14,16-17,19-20,23,25-26,29H,15H2,1-9H3/b12-10+,13-11+,18-14+,21-16+/t17-,19?,20?,23+,25?,26+/m1/s1. The van der Waals surface area contributed by atoms with Crippen LogP contribution in [0.15, 0.2) is 47.6 Å². The fourth-order valence-corrected chi connectivity index (χ4v) is 3.13. The molecule has 0 fully saturated rings. The predicted molar refractivity (Wildman–Crippen MR) is 127 cm³/mol. The summed E-state index contributed by atoms with van der Waals surface area (Å²) >= 11 is 0. The zero-order valence-electron chi connectivity index (χ0n) is 20.7. The molecule has 5 nitrogen and oxygen atoms in total. The van der Waals surface area contributed by atoms with Crippen molar-refractivity contribution in [3.8, 4) is 0 Å². The van der Waals surface area contributed by atoms with Crippen LogP contribution in [0, 0.1) is 17.8 Å². The van der Waals surface area contributed by atoms with E-state index in [1.807, 2.05) is 45.1 Å². The molecule has 0 aromatic heterocycles. The van der Waals surface area contributed by atoms with Gasteiger partial charge in [0.1, 0.15) is 18.0 Å². The summed E-state index contributed by atoms with van der Waals surface area (Å²) in [6, 6.07) is 0. The van der Waals surface area contributed by atoms with Crippen molar-refractivity contribution in [1.29, 1.82) is 0 Å². The normalized spacial score (nSPS) is 19.3. The van der Waals surface area contributed by atoms with Crippen LogP contribution in [-0.2, 0) is 19.1 Å². The lowest BCUT2D eigenvalue weighted by Gasteiger charge is -2.25. The van der Waals surface area contributed by atoms with Gasteiger partial charge in [-0.1, -0.05) is 57.2 Å².